The number of rotatable bonds is 5. The van der Waals surface area contributed by atoms with Gasteiger partial charge in [-0.15, -0.1) is 0 Å². The third-order valence-corrected chi connectivity index (χ3v) is 3.98. The second kappa shape index (κ2) is 6.40. The van der Waals surface area contributed by atoms with Crippen LogP contribution in [0.1, 0.15) is 45.6 Å². The SMILES string of the molecule is CCOC(=O)C1=NN(c2ccc(C(C)C)cc2)[C@@](C)(C(=O)O)C1. The van der Waals surface area contributed by atoms with E-state index >= 15 is 0 Å². The average molecular weight is 318 g/mol. The molecule has 0 bridgehead atoms. The number of esters is 1. The van der Waals surface area contributed by atoms with Crippen LogP contribution in [-0.4, -0.2) is 34.9 Å². The maximum absolute atomic E-state index is 11.9. The fourth-order valence-corrected chi connectivity index (χ4v) is 2.50. The molecule has 0 radical (unpaired) electrons. The third-order valence-electron chi connectivity index (χ3n) is 3.98. The Kier molecular flexibility index (Phi) is 4.73. The van der Waals surface area contributed by atoms with Gasteiger partial charge in [0.1, 0.15) is 5.71 Å². The minimum absolute atomic E-state index is 0.00704. The summed E-state index contributed by atoms with van der Waals surface area (Å²) in [4.78, 5) is 23.6. The van der Waals surface area contributed by atoms with Crippen LogP contribution in [0.5, 0.6) is 0 Å². The molecule has 1 aliphatic heterocycles. The minimum atomic E-state index is -1.30. The Morgan fingerprint density at radius 1 is 1.35 bits per heavy atom. The van der Waals surface area contributed by atoms with Crippen LogP contribution in [0, 0.1) is 0 Å². The predicted molar refractivity (Wildman–Crippen MR) is 87.7 cm³/mol. The first-order valence-electron chi connectivity index (χ1n) is 7.67. The van der Waals surface area contributed by atoms with E-state index in [0.717, 1.165) is 5.56 Å². The quantitative estimate of drug-likeness (QED) is 0.845. The standard InChI is InChI=1S/C17H22N2O4/c1-5-23-15(20)14-10-17(4,16(21)22)19(18-14)13-8-6-12(7-9-13)11(2)3/h6-9,11H,5,10H2,1-4H3,(H,21,22)/t17-/m1/s1. The maximum atomic E-state index is 11.9. The number of carboxylic acids is 1. The number of benzene rings is 1. The highest BCUT2D eigenvalue weighted by Crippen LogP contribution is 2.34. The van der Waals surface area contributed by atoms with Gasteiger partial charge in [-0.2, -0.15) is 5.10 Å². The molecular formula is C17H22N2O4. The Hall–Kier alpha value is -2.37. The molecule has 0 fully saturated rings. The summed E-state index contributed by atoms with van der Waals surface area (Å²) in [5.74, 6) is -1.22. The number of carboxylic acid groups (broad SMARTS) is 1. The molecule has 0 saturated heterocycles. The van der Waals surface area contributed by atoms with Crippen LogP contribution in [0.25, 0.3) is 0 Å². The number of nitrogens with zero attached hydrogens (tertiary/aromatic N) is 2. The van der Waals surface area contributed by atoms with E-state index in [0.29, 0.717) is 11.6 Å². The number of anilines is 1. The largest absolute Gasteiger partial charge is 0.479 e. The first-order valence-corrected chi connectivity index (χ1v) is 7.67. The lowest BCUT2D eigenvalue weighted by Crippen LogP contribution is -2.47. The molecule has 6 nitrogen and oxygen atoms in total. The molecule has 1 aliphatic rings. The van der Waals surface area contributed by atoms with Crippen molar-refractivity contribution in [2.75, 3.05) is 11.6 Å². The van der Waals surface area contributed by atoms with Crippen molar-refractivity contribution < 1.29 is 19.4 Å². The molecule has 0 amide bonds. The van der Waals surface area contributed by atoms with Crippen molar-refractivity contribution in [3.63, 3.8) is 0 Å². The van der Waals surface area contributed by atoms with Crippen molar-refractivity contribution in [1.29, 1.82) is 0 Å². The second-order valence-electron chi connectivity index (χ2n) is 6.08. The molecule has 1 aromatic rings. The molecule has 1 aromatic carbocycles. The van der Waals surface area contributed by atoms with E-state index in [1.165, 1.54) is 5.01 Å². The highest BCUT2D eigenvalue weighted by atomic mass is 16.5. The number of ether oxygens (including phenoxy) is 1. The number of carbonyl (C=O) groups is 2. The van der Waals surface area contributed by atoms with Gasteiger partial charge in [-0.25, -0.2) is 14.6 Å². The van der Waals surface area contributed by atoms with Gasteiger partial charge in [-0.1, -0.05) is 26.0 Å². The highest BCUT2D eigenvalue weighted by Gasteiger charge is 2.48. The fourth-order valence-electron chi connectivity index (χ4n) is 2.50. The van der Waals surface area contributed by atoms with Gasteiger partial charge in [-0.3, -0.25) is 0 Å². The zero-order valence-electron chi connectivity index (χ0n) is 13.9. The molecular weight excluding hydrogens is 296 g/mol. The van der Waals surface area contributed by atoms with Crippen molar-refractivity contribution in [2.45, 2.75) is 45.6 Å². The number of hydrazone groups is 1. The normalized spacial score (nSPS) is 20.6. The van der Waals surface area contributed by atoms with E-state index in [-0.39, 0.29) is 18.7 Å². The van der Waals surface area contributed by atoms with Gasteiger partial charge in [0.25, 0.3) is 0 Å². The smallest absolute Gasteiger partial charge is 0.354 e. The van der Waals surface area contributed by atoms with Gasteiger partial charge in [-0.05, 0) is 37.5 Å². The summed E-state index contributed by atoms with van der Waals surface area (Å²) >= 11 is 0. The maximum Gasteiger partial charge on any atom is 0.354 e. The summed E-state index contributed by atoms with van der Waals surface area (Å²) in [7, 11) is 0. The van der Waals surface area contributed by atoms with Crippen LogP contribution < -0.4 is 5.01 Å². The highest BCUT2D eigenvalue weighted by molar-refractivity contribution is 6.38. The Bertz CT molecular complexity index is 636. The molecule has 0 aromatic heterocycles. The number of hydrogen-bond acceptors (Lipinski definition) is 5. The van der Waals surface area contributed by atoms with Gasteiger partial charge in [0.2, 0.25) is 0 Å². The topological polar surface area (TPSA) is 79.2 Å². The summed E-state index contributed by atoms with van der Waals surface area (Å²) in [5.41, 5.74) is 0.615. The van der Waals surface area contributed by atoms with Crippen LogP contribution in [0.3, 0.4) is 0 Å². The molecule has 1 N–H and O–H groups in total. The molecule has 0 aliphatic carbocycles. The first-order chi connectivity index (χ1) is 10.8. The summed E-state index contributed by atoms with van der Waals surface area (Å²) in [5, 5.41) is 15.2. The van der Waals surface area contributed by atoms with Crippen LogP contribution >= 0.6 is 0 Å². The van der Waals surface area contributed by atoms with E-state index in [4.69, 9.17) is 4.74 Å². The molecule has 0 spiro atoms. The van der Waals surface area contributed by atoms with E-state index < -0.39 is 17.5 Å². The summed E-state index contributed by atoms with van der Waals surface area (Å²) in [6.45, 7) is 7.66. The lowest BCUT2D eigenvalue weighted by atomic mass is 9.95. The van der Waals surface area contributed by atoms with Crippen molar-refractivity contribution in [3.05, 3.63) is 29.8 Å². The van der Waals surface area contributed by atoms with Crippen LogP contribution in [-0.2, 0) is 14.3 Å². The Morgan fingerprint density at radius 2 is 1.96 bits per heavy atom. The van der Waals surface area contributed by atoms with Gasteiger partial charge in [0.15, 0.2) is 5.54 Å². The second-order valence-corrected chi connectivity index (χ2v) is 6.08. The van der Waals surface area contributed by atoms with Crippen LogP contribution in [0.2, 0.25) is 0 Å². The lowest BCUT2D eigenvalue weighted by Gasteiger charge is -2.30. The van der Waals surface area contributed by atoms with Crippen molar-refractivity contribution in [3.8, 4) is 0 Å². The lowest BCUT2D eigenvalue weighted by molar-refractivity contribution is -0.142. The number of carbonyl (C=O) groups excluding carboxylic acids is 1. The zero-order valence-corrected chi connectivity index (χ0v) is 13.9. The van der Waals surface area contributed by atoms with Crippen molar-refractivity contribution >= 4 is 23.3 Å². The fraction of sp³-hybridized carbons (Fsp3) is 0.471. The molecule has 0 saturated carbocycles. The molecule has 124 valence electrons. The van der Waals surface area contributed by atoms with E-state index in [2.05, 4.69) is 18.9 Å². The summed E-state index contributed by atoms with van der Waals surface area (Å²) in [6, 6.07) is 7.54. The first kappa shape index (κ1) is 17.0. The third kappa shape index (κ3) is 3.21. The zero-order chi connectivity index (χ0) is 17.2. The van der Waals surface area contributed by atoms with Crippen molar-refractivity contribution in [2.24, 2.45) is 5.10 Å². The van der Waals surface area contributed by atoms with E-state index in [1.54, 1.807) is 13.8 Å². The van der Waals surface area contributed by atoms with Gasteiger partial charge >= 0.3 is 11.9 Å². The Labute approximate surface area is 135 Å². The minimum Gasteiger partial charge on any atom is -0.479 e. The number of hydrogen-bond donors (Lipinski definition) is 1. The van der Waals surface area contributed by atoms with Crippen molar-refractivity contribution in [1.82, 2.24) is 0 Å². The molecule has 23 heavy (non-hydrogen) atoms. The average Bonchev–Trinajstić information content (AvgIpc) is 2.87. The number of aliphatic carboxylic acids is 1. The van der Waals surface area contributed by atoms with Gasteiger partial charge in [0, 0.05) is 6.42 Å². The molecule has 0 unspecified atom stereocenters. The Morgan fingerprint density at radius 3 is 2.43 bits per heavy atom. The Balaban J connectivity index is 2.38. The van der Waals surface area contributed by atoms with Gasteiger partial charge in [0.05, 0.1) is 12.3 Å². The molecule has 6 heteroatoms. The molecule has 2 rings (SSSR count). The van der Waals surface area contributed by atoms with E-state index in [1.807, 2.05) is 24.3 Å². The van der Waals surface area contributed by atoms with Gasteiger partial charge < -0.3 is 9.84 Å². The summed E-state index contributed by atoms with van der Waals surface area (Å²) < 4.78 is 4.94. The van der Waals surface area contributed by atoms with E-state index in [9.17, 15) is 14.7 Å². The predicted octanol–water partition coefficient (Wildman–Crippen LogP) is 2.78. The van der Waals surface area contributed by atoms with Crippen LogP contribution in [0.4, 0.5) is 5.69 Å². The van der Waals surface area contributed by atoms with Crippen LogP contribution in [0.15, 0.2) is 29.4 Å². The monoisotopic (exact) mass is 318 g/mol. The molecule has 1 heterocycles. The molecule has 1 atom stereocenters. The summed E-state index contributed by atoms with van der Waals surface area (Å²) in [6.07, 6.45) is 0.00704.